The second kappa shape index (κ2) is 7.65. The number of nitrogens with zero attached hydrogens (tertiary/aromatic N) is 3. The Morgan fingerprint density at radius 2 is 1.95 bits per heavy atom. The van der Waals surface area contributed by atoms with Crippen molar-refractivity contribution in [3.8, 4) is 6.19 Å². The summed E-state index contributed by atoms with van der Waals surface area (Å²) < 4.78 is 0. The van der Waals surface area contributed by atoms with Crippen LogP contribution in [0.15, 0.2) is 59.9 Å². The van der Waals surface area contributed by atoms with Crippen molar-refractivity contribution >= 4 is 11.6 Å². The Hall–Kier alpha value is -2.87. The van der Waals surface area contributed by atoms with Gasteiger partial charge in [0.25, 0.3) is 0 Å². The maximum Gasteiger partial charge on any atom is 0.209 e. The minimum absolute atomic E-state index is 0.0533. The lowest BCUT2D eigenvalue weighted by Gasteiger charge is -2.11. The lowest BCUT2D eigenvalue weighted by atomic mass is 10.1. The zero-order valence-corrected chi connectivity index (χ0v) is 11.8. The van der Waals surface area contributed by atoms with Crippen LogP contribution < -0.4 is 10.6 Å². The number of guanidine groups is 1. The maximum atomic E-state index is 8.82. The first-order chi connectivity index (χ1) is 10.3. The minimum atomic E-state index is 0.0533. The predicted molar refractivity (Wildman–Crippen MR) is 83.7 cm³/mol. The molecule has 106 valence electrons. The molecule has 2 N–H and O–H groups in total. The zero-order chi connectivity index (χ0) is 14.9. The summed E-state index contributed by atoms with van der Waals surface area (Å²) in [5.74, 6) is 0.437. The van der Waals surface area contributed by atoms with E-state index in [0.717, 1.165) is 12.1 Å². The summed E-state index contributed by atoms with van der Waals surface area (Å²) in [7, 11) is 0. The van der Waals surface area contributed by atoms with Gasteiger partial charge in [0, 0.05) is 18.1 Å². The molecule has 1 unspecified atom stereocenters. The molecule has 1 atom stereocenters. The molecule has 5 nitrogen and oxygen atoms in total. The van der Waals surface area contributed by atoms with Gasteiger partial charge in [-0.25, -0.2) is 4.99 Å². The molecule has 0 fully saturated rings. The van der Waals surface area contributed by atoms with Gasteiger partial charge in [0.1, 0.15) is 0 Å². The van der Waals surface area contributed by atoms with Crippen LogP contribution >= 0.6 is 0 Å². The van der Waals surface area contributed by atoms with Gasteiger partial charge >= 0.3 is 0 Å². The van der Waals surface area contributed by atoms with E-state index < -0.39 is 0 Å². The highest BCUT2D eigenvalue weighted by Gasteiger charge is 2.05. The molecule has 1 aromatic carbocycles. The average Bonchev–Trinajstić information content (AvgIpc) is 2.49. The molecule has 5 heteroatoms. The van der Waals surface area contributed by atoms with Crippen molar-refractivity contribution in [2.24, 2.45) is 4.99 Å². The molecule has 0 saturated carbocycles. The van der Waals surface area contributed by atoms with E-state index in [1.807, 2.05) is 43.4 Å². The molecular weight excluding hydrogens is 262 g/mol. The third kappa shape index (κ3) is 4.96. The summed E-state index contributed by atoms with van der Waals surface area (Å²) in [5, 5.41) is 14.5. The van der Waals surface area contributed by atoms with E-state index in [0.29, 0.717) is 5.96 Å². The van der Waals surface area contributed by atoms with Crippen LogP contribution in [0.2, 0.25) is 0 Å². The number of pyridine rings is 1. The molecule has 21 heavy (non-hydrogen) atoms. The second-order valence-electron chi connectivity index (χ2n) is 4.61. The number of nitrogens with one attached hydrogen (secondary N) is 2. The Morgan fingerprint density at radius 1 is 1.24 bits per heavy atom. The number of nitriles is 1. The van der Waals surface area contributed by atoms with Crippen LogP contribution in [0, 0.1) is 11.5 Å². The monoisotopic (exact) mass is 279 g/mol. The summed E-state index contributed by atoms with van der Waals surface area (Å²) in [6.45, 7) is 2.01. The van der Waals surface area contributed by atoms with E-state index in [-0.39, 0.29) is 6.04 Å². The maximum absolute atomic E-state index is 8.82. The first-order valence-corrected chi connectivity index (χ1v) is 6.72. The predicted octanol–water partition coefficient (Wildman–Crippen LogP) is 2.55. The fraction of sp³-hybridized carbons (Fsp3) is 0.188. The third-order valence-electron chi connectivity index (χ3n) is 2.84. The van der Waals surface area contributed by atoms with E-state index in [9.17, 15) is 0 Å². The summed E-state index contributed by atoms with van der Waals surface area (Å²) in [4.78, 5) is 8.46. The van der Waals surface area contributed by atoms with Crippen LogP contribution in [-0.2, 0) is 6.42 Å². The standard InChI is InChI=1S/C16H17N5/c1-13(11-14-5-3-2-4-6-14)20-16(19-12-17)21-15-7-9-18-10-8-15/h2-10,13H,11H2,1H3,(H2,18,19,20,21). The quantitative estimate of drug-likeness (QED) is 0.390. The fourth-order valence-corrected chi connectivity index (χ4v) is 1.94. The number of anilines is 1. The van der Waals surface area contributed by atoms with E-state index >= 15 is 0 Å². The topological polar surface area (TPSA) is 73.1 Å². The Labute approximate surface area is 124 Å². The first kappa shape index (κ1) is 14.5. The van der Waals surface area contributed by atoms with Crippen LogP contribution in [0.4, 0.5) is 5.69 Å². The molecule has 0 bridgehead atoms. The van der Waals surface area contributed by atoms with Crippen molar-refractivity contribution in [3.05, 3.63) is 60.4 Å². The average molecular weight is 279 g/mol. The molecule has 0 spiro atoms. The van der Waals surface area contributed by atoms with E-state index in [1.54, 1.807) is 12.4 Å². The van der Waals surface area contributed by atoms with Crippen LogP contribution in [0.5, 0.6) is 0 Å². The molecule has 0 aliphatic rings. The van der Waals surface area contributed by atoms with Crippen molar-refractivity contribution in [2.45, 2.75) is 19.4 Å². The summed E-state index contributed by atoms with van der Waals surface area (Å²) in [6.07, 6.45) is 6.07. The van der Waals surface area contributed by atoms with Gasteiger partial charge in [-0.05, 0) is 31.0 Å². The van der Waals surface area contributed by atoms with Gasteiger partial charge in [-0.3, -0.25) is 10.3 Å². The number of hydrogen-bond donors (Lipinski definition) is 2. The summed E-state index contributed by atoms with van der Waals surface area (Å²) in [5.41, 5.74) is 2.05. The fourth-order valence-electron chi connectivity index (χ4n) is 1.94. The Balaban J connectivity index is 2.04. The summed E-state index contributed by atoms with van der Waals surface area (Å²) in [6, 6.07) is 13.8. The number of aliphatic imine (C=N–C) groups is 1. The molecule has 0 amide bonds. The molecule has 2 rings (SSSR count). The van der Waals surface area contributed by atoms with Crippen LogP contribution in [0.3, 0.4) is 0 Å². The molecule has 0 radical (unpaired) electrons. The smallest absolute Gasteiger partial charge is 0.209 e. The number of hydrogen-bond acceptors (Lipinski definition) is 3. The van der Waals surface area contributed by atoms with Crippen LogP contribution in [0.25, 0.3) is 0 Å². The highest BCUT2D eigenvalue weighted by Crippen LogP contribution is 2.07. The lowest BCUT2D eigenvalue weighted by Crippen LogP contribution is -2.28. The SMILES string of the molecule is CC(Cc1ccccc1)N=C(NC#N)Nc1ccncc1. The Bertz CT molecular complexity index is 616. The Kier molecular flexibility index (Phi) is 5.30. The van der Waals surface area contributed by atoms with Crippen molar-refractivity contribution in [1.82, 2.24) is 10.3 Å². The molecule has 0 aliphatic carbocycles. The van der Waals surface area contributed by atoms with Gasteiger partial charge in [0.05, 0.1) is 6.04 Å². The largest absolute Gasteiger partial charge is 0.325 e. The van der Waals surface area contributed by atoms with Crippen molar-refractivity contribution in [3.63, 3.8) is 0 Å². The first-order valence-electron chi connectivity index (χ1n) is 6.72. The van der Waals surface area contributed by atoms with Gasteiger partial charge in [-0.1, -0.05) is 30.3 Å². The lowest BCUT2D eigenvalue weighted by molar-refractivity contribution is 0.736. The Morgan fingerprint density at radius 3 is 2.62 bits per heavy atom. The van der Waals surface area contributed by atoms with Crippen molar-refractivity contribution < 1.29 is 0 Å². The minimum Gasteiger partial charge on any atom is -0.325 e. The molecular formula is C16H17N5. The number of rotatable bonds is 4. The van der Waals surface area contributed by atoms with Gasteiger partial charge in [-0.2, -0.15) is 5.26 Å². The van der Waals surface area contributed by atoms with E-state index in [4.69, 9.17) is 5.26 Å². The molecule has 1 aromatic heterocycles. The van der Waals surface area contributed by atoms with Crippen LogP contribution in [0.1, 0.15) is 12.5 Å². The van der Waals surface area contributed by atoms with E-state index in [1.165, 1.54) is 5.56 Å². The highest BCUT2D eigenvalue weighted by molar-refractivity contribution is 5.94. The number of aromatic nitrogens is 1. The number of benzene rings is 1. The van der Waals surface area contributed by atoms with Gasteiger partial charge in [-0.15, -0.1) is 0 Å². The summed E-state index contributed by atoms with van der Waals surface area (Å²) >= 11 is 0. The molecule has 0 saturated heterocycles. The van der Waals surface area contributed by atoms with Crippen molar-refractivity contribution in [1.29, 1.82) is 5.26 Å². The van der Waals surface area contributed by atoms with Crippen LogP contribution in [-0.4, -0.2) is 17.0 Å². The zero-order valence-electron chi connectivity index (χ0n) is 11.8. The third-order valence-corrected chi connectivity index (χ3v) is 2.84. The van der Waals surface area contributed by atoms with E-state index in [2.05, 4.69) is 32.7 Å². The van der Waals surface area contributed by atoms with Crippen molar-refractivity contribution in [2.75, 3.05) is 5.32 Å². The van der Waals surface area contributed by atoms with Gasteiger partial charge in [0.2, 0.25) is 5.96 Å². The second-order valence-corrected chi connectivity index (χ2v) is 4.61. The molecule has 2 aromatic rings. The highest BCUT2D eigenvalue weighted by atomic mass is 15.2. The van der Waals surface area contributed by atoms with Gasteiger partial charge in [0.15, 0.2) is 6.19 Å². The normalized spacial score (nSPS) is 12.3. The van der Waals surface area contributed by atoms with Gasteiger partial charge < -0.3 is 5.32 Å². The molecule has 1 heterocycles. The molecule has 0 aliphatic heterocycles.